The molecule has 0 bridgehead atoms. The van der Waals surface area contributed by atoms with Crippen molar-refractivity contribution in [2.75, 3.05) is 19.6 Å². The van der Waals surface area contributed by atoms with Gasteiger partial charge in [-0.25, -0.2) is 0 Å². The van der Waals surface area contributed by atoms with Crippen LogP contribution in [0.5, 0.6) is 5.75 Å². The zero-order valence-corrected chi connectivity index (χ0v) is 26.2. The van der Waals surface area contributed by atoms with E-state index in [1.165, 1.54) is 41.6 Å². The first-order valence-corrected chi connectivity index (χ1v) is 15.7. The number of phenols is 1. The lowest BCUT2D eigenvalue weighted by Crippen LogP contribution is -2.40. The van der Waals surface area contributed by atoms with Crippen LogP contribution in [0, 0.1) is 0 Å². The third-order valence-corrected chi connectivity index (χ3v) is 9.59. The number of likely N-dealkylation sites (tertiary alicyclic amines) is 1. The number of rotatable bonds is 11. The van der Waals surface area contributed by atoms with Gasteiger partial charge >= 0.3 is 0 Å². The maximum absolute atomic E-state index is 12.1. The Kier molecular flexibility index (Phi) is 9.20. The van der Waals surface area contributed by atoms with Crippen LogP contribution in [0.25, 0.3) is 0 Å². The summed E-state index contributed by atoms with van der Waals surface area (Å²) in [7, 11) is 0. The quantitative estimate of drug-likeness (QED) is 0.199. The van der Waals surface area contributed by atoms with Crippen molar-refractivity contribution >= 4 is 0 Å². The normalized spacial score (nSPS) is 16.3. The highest BCUT2D eigenvalue weighted by atomic mass is 16.3. The van der Waals surface area contributed by atoms with Gasteiger partial charge in [0.2, 0.25) is 0 Å². The van der Waals surface area contributed by atoms with E-state index in [0.29, 0.717) is 18.3 Å². The van der Waals surface area contributed by atoms with Crippen LogP contribution in [-0.2, 0) is 23.9 Å². The Balaban J connectivity index is 1.60. The number of benzene rings is 4. The molecule has 1 atom stereocenters. The number of hydrogen-bond donors (Lipinski definition) is 1. The SMILES string of the molecule is CCN1CCC[C@H]1CN(Cc1ccccc1)Cc1cc(C(C)(C)c2ccccc2)cc(C(C)(C)c2ccccc2)c1O. The van der Waals surface area contributed by atoms with Gasteiger partial charge in [-0.1, -0.05) is 132 Å². The minimum atomic E-state index is -0.363. The smallest absolute Gasteiger partial charge is 0.124 e. The second kappa shape index (κ2) is 12.9. The van der Waals surface area contributed by atoms with Crippen molar-refractivity contribution in [2.45, 2.75) is 77.4 Å². The molecule has 4 aromatic rings. The summed E-state index contributed by atoms with van der Waals surface area (Å²) in [6, 6.07) is 37.2. The molecule has 0 unspecified atom stereocenters. The Hall–Kier alpha value is -3.40. The van der Waals surface area contributed by atoms with Gasteiger partial charge in [-0.2, -0.15) is 0 Å². The lowest BCUT2D eigenvalue weighted by molar-refractivity contribution is 0.165. The predicted molar refractivity (Wildman–Crippen MR) is 176 cm³/mol. The van der Waals surface area contributed by atoms with Crippen LogP contribution < -0.4 is 0 Å². The molecule has 1 N–H and O–H groups in total. The van der Waals surface area contributed by atoms with Crippen LogP contribution >= 0.6 is 0 Å². The van der Waals surface area contributed by atoms with Gasteiger partial charge in [0.05, 0.1) is 0 Å². The average Bonchev–Trinajstić information content (AvgIpc) is 3.46. The van der Waals surface area contributed by atoms with Crippen LogP contribution in [0.2, 0.25) is 0 Å². The summed E-state index contributed by atoms with van der Waals surface area (Å²) in [5.74, 6) is 0.424. The fourth-order valence-corrected chi connectivity index (χ4v) is 6.77. The van der Waals surface area contributed by atoms with Crippen molar-refractivity contribution in [3.63, 3.8) is 0 Å². The molecule has 0 radical (unpaired) electrons. The van der Waals surface area contributed by atoms with E-state index in [2.05, 4.69) is 148 Å². The van der Waals surface area contributed by atoms with Crippen LogP contribution in [0.1, 0.15) is 80.8 Å². The van der Waals surface area contributed by atoms with Crippen LogP contribution in [0.4, 0.5) is 0 Å². The Labute approximate surface area is 253 Å². The zero-order chi connectivity index (χ0) is 29.7. The number of hydrogen-bond acceptors (Lipinski definition) is 3. The Morgan fingerprint density at radius 2 is 1.31 bits per heavy atom. The minimum Gasteiger partial charge on any atom is -0.507 e. The lowest BCUT2D eigenvalue weighted by Gasteiger charge is -2.34. The number of likely N-dealkylation sites (N-methyl/N-ethyl adjacent to an activating group) is 1. The zero-order valence-electron chi connectivity index (χ0n) is 26.2. The van der Waals surface area contributed by atoms with Crippen molar-refractivity contribution in [3.8, 4) is 5.75 Å². The molecule has 0 spiro atoms. The molecule has 1 heterocycles. The molecule has 0 aromatic heterocycles. The molecule has 42 heavy (non-hydrogen) atoms. The third-order valence-electron chi connectivity index (χ3n) is 9.59. The first-order chi connectivity index (χ1) is 20.2. The molecule has 3 nitrogen and oxygen atoms in total. The van der Waals surface area contributed by atoms with E-state index >= 15 is 0 Å². The van der Waals surface area contributed by atoms with E-state index in [4.69, 9.17) is 0 Å². The topological polar surface area (TPSA) is 26.7 Å². The van der Waals surface area contributed by atoms with Gasteiger partial charge < -0.3 is 5.11 Å². The van der Waals surface area contributed by atoms with Gasteiger partial charge in [0.1, 0.15) is 5.75 Å². The van der Waals surface area contributed by atoms with Gasteiger partial charge in [-0.15, -0.1) is 0 Å². The van der Waals surface area contributed by atoms with Crippen LogP contribution in [0.15, 0.2) is 103 Å². The first-order valence-electron chi connectivity index (χ1n) is 15.7. The Morgan fingerprint density at radius 3 is 1.90 bits per heavy atom. The number of nitrogens with zero attached hydrogens (tertiary/aromatic N) is 2. The highest BCUT2D eigenvalue weighted by Gasteiger charge is 2.33. The standard InChI is InChI=1S/C39H48N2O/c1-6-41-24-16-23-35(41)29-40(27-30-17-10-7-11-18-30)28-31-25-34(38(2,3)32-19-12-8-13-20-32)26-36(37(31)42)39(4,5)33-21-14-9-15-22-33/h7-15,17-22,25-26,35,42H,6,16,23-24,27-29H2,1-5H3/t35-/m0/s1. The molecule has 5 rings (SSSR count). The predicted octanol–water partition coefficient (Wildman–Crippen LogP) is 8.53. The molecule has 4 aromatic carbocycles. The molecule has 1 fully saturated rings. The second-order valence-electron chi connectivity index (χ2n) is 13.1. The second-order valence-corrected chi connectivity index (χ2v) is 13.1. The summed E-state index contributed by atoms with van der Waals surface area (Å²) in [5, 5.41) is 12.1. The van der Waals surface area contributed by atoms with Crippen LogP contribution in [0.3, 0.4) is 0 Å². The highest BCUT2D eigenvalue weighted by Crippen LogP contribution is 2.43. The van der Waals surface area contributed by atoms with Gasteiger partial charge in [0.25, 0.3) is 0 Å². The van der Waals surface area contributed by atoms with E-state index in [1.807, 2.05) is 0 Å². The van der Waals surface area contributed by atoms with Gasteiger partial charge in [0.15, 0.2) is 0 Å². The molecule has 220 valence electrons. The lowest BCUT2D eigenvalue weighted by atomic mass is 9.72. The summed E-state index contributed by atoms with van der Waals surface area (Å²) in [4.78, 5) is 5.18. The monoisotopic (exact) mass is 560 g/mol. The fraction of sp³-hybridized carbons (Fsp3) is 0.385. The van der Waals surface area contributed by atoms with Gasteiger partial charge in [0, 0.05) is 47.6 Å². The van der Waals surface area contributed by atoms with Gasteiger partial charge in [-0.05, 0) is 54.3 Å². The number of aromatic hydroxyl groups is 1. The van der Waals surface area contributed by atoms with Crippen molar-refractivity contribution in [3.05, 3.63) is 137 Å². The van der Waals surface area contributed by atoms with E-state index in [1.54, 1.807) is 0 Å². The fourth-order valence-electron chi connectivity index (χ4n) is 6.77. The summed E-state index contributed by atoms with van der Waals surface area (Å²) in [6.45, 7) is 16.2. The average molecular weight is 561 g/mol. The summed E-state index contributed by atoms with van der Waals surface area (Å²) < 4.78 is 0. The Morgan fingerprint density at radius 1 is 0.738 bits per heavy atom. The molecule has 3 heteroatoms. The first kappa shape index (κ1) is 30.1. The van der Waals surface area contributed by atoms with Crippen molar-refractivity contribution < 1.29 is 5.11 Å². The van der Waals surface area contributed by atoms with Gasteiger partial charge in [-0.3, -0.25) is 9.80 Å². The summed E-state index contributed by atoms with van der Waals surface area (Å²) >= 11 is 0. The van der Waals surface area contributed by atoms with Crippen LogP contribution in [-0.4, -0.2) is 40.6 Å². The minimum absolute atomic E-state index is 0.222. The summed E-state index contributed by atoms with van der Waals surface area (Å²) in [5.41, 5.74) is 6.42. The maximum Gasteiger partial charge on any atom is 0.124 e. The molecule has 0 amide bonds. The number of phenolic OH excluding ortho intramolecular Hbond substituents is 1. The van der Waals surface area contributed by atoms with E-state index < -0.39 is 0 Å². The molecule has 0 saturated carbocycles. The van der Waals surface area contributed by atoms with Crippen molar-refractivity contribution in [1.82, 2.24) is 9.80 Å². The molecular weight excluding hydrogens is 512 g/mol. The third kappa shape index (κ3) is 6.48. The highest BCUT2D eigenvalue weighted by molar-refractivity contribution is 5.54. The van der Waals surface area contributed by atoms with Crippen molar-refractivity contribution in [1.29, 1.82) is 0 Å². The van der Waals surface area contributed by atoms with E-state index in [-0.39, 0.29) is 10.8 Å². The molecule has 1 aliphatic rings. The van der Waals surface area contributed by atoms with Crippen molar-refractivity contribution in [2.24, 2.45) is 0 Å². The molecule has 1 saturated heterocycles. The Bertz CT molecular complexity index is 1430. The summed E-state index contributed by atoms with van der Waals surface area (Å²) in [6.07, 6.45) is 2.50. The molecule has 1 aliphatic heterocycles. The molecular formula is C39H48N2O. The van der Waals surface area contributed by atoms with E-state index in [0.717, 1.165) is 30.8 Å². The van der Waals surface area contributed by atoms with E-state index in [9.17, 15) is 5.11 Å². The largest absolute Gasteiger partial charge is 0.507 e. The molecule has 0 aliphatic carbocycles. The maximum atomic E-state index is 12.1.